The summed E-state index contributed by atoms with van der Waals surface area (Å²) in [5.41, 5.74) is 0.191. The Hall–Kier alpha value is -1.58. The van der Waals surface area contributed by atoms with Gasteiger partial charge in [0, 0.05) is 19.3 Å². The summed E-state index contributed by atoms with van der Waals surface area (Å²) in [5, 5.41) is 9.67. The first kappa shape index (κ1) is 14.8. The minimum absolute atomic E-state index is 0.274. The number of nitrogens with zero attached hydrogens (tertiary/aromatic N) is 1. The van der Waals surface area contributed by atoms with Crippen LogP contribution in [-0.4, -0.2) is 24.7 Å². The van der Waals surface area contributed by atoms with Crippen LogP contribution in [0.1, 0.15) is 38.5 Å². The smallest absolute Gasteiger partial charge is 0.311 e. The van der Waals surface area contributed by atoms with Crippen molar-refractivity contribution in [3.8, 4) is 0 Å². The monoisotopic (exact) mass is 279 g/mol. The number of hydrogen-bond donors (Lipinski definition) is 1. The van der Waals surface area contributed by atoms with E-state index < -0.39 is 11.4 Å². The van der Waals surface area contributed by atoms with Crippen LogP contribution in [0.4, 0.5) is 10.1 Å². The van der Waals surface area contributed by atoms with E-state index in [4.69, 9.17) is 0 Å². The standard InChI is InChI=1S/C16H22FNO2/c1-18(14-8-6-13(17)7-9-14)12-16(15(19)20)10-4-2-3-5-11-16/h6-9H,2-5,10-12H2,1H3,(H,19,20). The third-order valence-corrected chi connectivity index (χ3v) is 4.32. The highest BCUT2D eigenvalue weighted by Gasteiger charge is 2.39. The summed E-state index contributed by atoms with van der Waals surface area (Å²) in [5.74, 6) is -0.974. The van der Waals surface area contributed by atoms with Gasteiger partial charge in [0.25, 0.3) is 0 Å². The maximum absolute atomic E-state index is 13.0. The van der Waals surface area contributed by atoms with E-state index in [1.165, 1.54) is 12.1 Å². The fourth-order valence-corrected chi connectivity index (χ4v) is 3.09. The Morgan fingerprint density at radius 2 is 1.75 bits per heavy atom. The molecule has 1 fully saturated rings. The van der Waals surface area contributed by atoms with Gasteiger partial charge in [0.2, 0.25) is 0 Å². The summed E-state index contributed by atoms with van der Waals surface area (Å²) in [6, 6.07) is 6.21. The number of carbonyl (C=O) groups is 1. The number of rotatable bonds is 4. The Labute approximate surface area is 119 Å². The summed E-state index contributed by atoms with van der Waals surface area (Å²) in [6.45, 7) is 0.480. The second kappa shape index (κ2) is 6.25. The molecule has 0 bridgehead atoms. The van der Waals surface area contributed by atoms with Crippen molar-refractivity contribution in [1.29, 1.82) is 0 Å². The fourth-order valence-electron chi connectivity index (χ4n) is 3.09. The highest BCUT2D eigenvalue weighted by molar-refractivity contribution is 5.75. The van der Waals surface area contributed by atoms with Crippen molar-refractivity contribution in [3.05, 3.63) is 30.1 Å². The minimum Gasteiger partial charge on any atom is -0.481 e. The van der Waals surface area contributed by atoms with Gasteiger partial charge in [-0.25, -0.2) is 4.39 Å². The second-order valence-electron chi connectivity index (χ2n) is 5.83. The lowest BCUT2D eigenvalue weighted by Gasteiger charge is -2.33. The van der Waals surface area contributed by atoms with Crippen LogP contribution in [0.5, 0.6) is 0 Å². The third kappa shape index (κ3) is 3.30. The maximum Gasteiger partial charge on any atom is 0.311 e. The molecule has 1 N–H and O–H groups in total. The predicted molar refractivity (Wildman–Crippen MR) is 77.4 cm³/mol. The lowest BCUT2D eigenvalue weighted by atomic mass is 9.80. The van der Waals surface area contributed by atoms with E-state index in [-0.39, 0.29) is 5.82 Å². The maximum atomic E-state index is 13.0. The van der Waals surface area contributed by atoms with E-state index in [0.717, 1.165) is 44.2 Å². The average molecular weight is 279 g/mol. The van der Waals surface area contributed by atoms with Crippen LogP contribution in [-0.2, 0) is 4.79 Å². The normalized spacial score (nSPS) is 18.3. The molecule has 20 heavy (non-hydrogen) atoms. The summed E-state index contributed by atoms with van der Waals surface area (Å²) in [6.07, 6.45) is 5.65. The Kier molecular flexibility index (Phi) is 4.63. The van der Waals surface area contributed by atoms with Crippen molar-refractivity contribution in [2.45, 2.75) is 38.5 Å². The molecule has 0 radical (unpaired) electrons. The van der Waals surface area contributed by atoms with Crippen LogP contribution in [0.2, 0.25) is 0 Å². The highest BCUT2D eigenvalue weighted by atomic mass is 19.1. The molecule has 0 aliphatic heterocycles. The molecular weight excluding hydrogens is 257 g/mol. The van der Waals surface area contributed by atoms with Crippen LogP contribution in [0.3, 0.4) is 0 Å². The van der Waals surface area contributed by atoms with E-state index >= 15 is 0 Å². The van der Waals surface area contributed by atoms with E-state index in [1.807, 2.05) is 11.9 Å². The van der Waals surface area contributed by atoms with Gasteiger partial charge in [-0.2, -0.15) is 0 Å². The zero-order valence-corrected chi connectivity index (χ0v) is 11.9. The third-order valence-electron chi connectivity index (χ3n) is 4.32. The van der Waals surface area contributed by atoms with Gasteiger partial charge in [-0.3, -0.25) is 4.79 Å². The second-order valence-corrected chi connectivity index (χ2v) is 5.83. The molecule has 0 spiro atoms. The van der Waals surface area contributed by atoms with Gasteiger partial charge in [-0.1, -0.05) is 25.7 Å². The highest BCUT2D eigenvalue weighted by Crippen LogP contribution is 2.36. The van der Waals surface area contributed by atoms with Crippen LogP contribution in [0, 0.1) is 11.2 Å². The lowest BCUT2D eigenvalue weighted by molar-refractivity contribution is -0.149. The number of benzene rings is 1. The van der Waals surface area contributed by atoms with Gasteiger partial charge in [0.15, 0.2) is 0 Å². The molecule has 3 nitrogen and oxygen atoms in total. The summed E-state index contributed by atoms with van der Waals surface area (Å²) in [4.78, 5) is 13.7. The Morgan fingerprint density at radius 1 is 1.20 bits per heavy atom. The molecule has 2 rings (SSSR count). The van der Waals surface area contributed by atoms with Crippen LogP contribution >= 0.6 is 0 Å². The van der Waals surface area contributed by atoms with Crippen LogP contribution in [0.25, 0.3) is 0 Å². The van der Waals surface area contributed by atoms with Crippen molar-refractivity contribution in [2.75, 3.05) is 18.5 Å². The van der Waals surface area contributed by atoms with Gasteiger partial charge in [-0.05, 0) is 37.1 Å². The topological polar surface area (TPSA) is 40.5 Å². The molecule has 1 saturated carbocycles. The first-order chi connectivity index (χ1) is 9.53. The first-order valence-corrected chi connectivity index (χ1v) is 7.24. The zero-order valence-electron chi connectivity index (χ0n) is 11.9. The van der Waals surface area contributed by atoms with Crippen LogP contribution < -0.4 is 4.90 Å². The molecule has 0 unspecified atom stereocenters. The van der Waals surface area contributed by atoms with Gasteiger partial charge >= 0.3 is 5.97 Å². The average Bonchev–Trinajstić information content (AvgIpc) is 2.66. The molecule has 110 valence electrons. The molecule has 0 amide bonds. The van der Waals surface area contributed by atoms with Crippen molar-refractivity contribution < 1.29 is 14.3 Å². The van der Waals surface area contributed by atoms with Crippen molar-refractivity contribution in [2.24, 2.45) is 5.41 Å². The Balaban J connectivity index is 2.14. The van der Waals surface area contributed by atoms with Crippen molar-refractivity contribution in [1.82, 2.24) is 0 Å². The zero-order chi connectivity index (χ0) is 14.6. The van der Waals surface area contributed by atoms with Gasteiger partial charge < -0.3 is 10.0 Å². The Bertz CT molecular complexity index is 450. The number of halogens is 1. The molecule has 0 heterocycles. The van der Waals surface area contributed by atoms with Crippen LogP contribution in [0.15, 0.2) is 24.3 Å². The van der Waals surface area contributed by atoms with Gasteiger partial charge in [-0.15, -0.1) is 0 Å². The Morgan fingerprint density at radius 3 is 2.25 bits per heavy atom. The largest absolute Gasteiger partial charge is 0.481 e. The van der Waals surface area contributed by atoms with Crippen molar-refractivity contribution in [3.63, 3.8) is 0 Å². The number of anilines is 1. The summed E-state index contributed by atoms with van der Waals surface area (Å²) < 4.78 is 13.0. The fraction of sp³-hybridized carbons (Fsp3) is 0.562. The minimum atomic E-state index is -0.701. The van der Waals surface area contributed by atoms with E-state index in [9.17, 15) is 14.3 Å². The number of hydrogen-bond acceptors (Lipinski definition) is 2. The molecule has 1 aromatic carbocycles. The van der Waals surface area contributed by atoms with E-state index in [1.54, 1.807) is 12.1 Å². The molecule has 0 saturated heterocycles. The predicted octanol–water partition coefficient (Wildman–Crippen LogP) is 3.69. The van der Waals surface area contributed by atoms with E-state index in [2.05, 4.69) is 0 Å². The molecule has 4 heteroatoms. The van der Waals surface area contributed by atoms with Crippen molar-refractivity contribution >= 4 is 11.7 Å². The molecule has 0 atom stereocenters. The van der Waals surface area contributed by atoms with Gasteiger partial charge in [0.1, 0.15) is 5.82 Å². The molecule has 1 aliphatic carbocycles. The van der Waals surface area contributed by atoms with Gasteiger partial charge in [0.05, 0.1) is 5.41 Å². The SMILES string of the molecule is CN(CC1(C(=O)O)CCCCCC1)c1ccc(F)cc1. The molecule has 1 aliphatic rings. The number of carboxylic acid groups (broad SMARTS) is 1. The number of carboxylic acids is 1. The summed E-state index contributed by atoms with van der Waals surface area (Å²) >= 11 is 0. The number of aliphatic carboxylic acids is 1. The molecular formula is C16H22FNO2. The first-order valence-electron chi connectivity index (χ1n) is 7.24. The molecule has 1 aromatic rings. The molecule has 0 aromatic heterocycles. The van der Waals surface area contributed by atoms with E-state index in [0.29, 0.717) is 6.54 Å². The summed E-state index contributed by atoms with van der Waals surface area (Å²) in [7, 11) is 1.88. The lowest BCUT2D eigenvalue weighted by Crippen LogP contribution is -2.41. The quantitative estimate of drug-likeness (QED) is 0.855.